The second-order valence-electron chi connectivity index (χ2n) is 3.43. The van der Waals surface area contributed by atoms with Crippen LogP contribution in [0, 0.1) is 6.92 Å². The first-order valence-electron chi connectivity index (χ1n) is 4.09. The number of rotatable bonds is 2. The average molecular weight is 176 g/mol. The fourth-order valence-corrected chi connectivity index (χ4v) is 1.29. The lowest BCUT2D eigenvalue weighted by Gasteiger charge is -2.18. The summed E-state index contributed by atoms with van der Waals surface area (Å²) in [6.07, 6.45) is 3.27. The van der Waals surface area contributed by atoms with Crippen LogP contribution in [0.4, 0.5) is 0 Å². The molecule has 1 aromatic rings. The van der Waals surface area contributed by atoms with Crippen molar-refractivity contribution in [1.82, 2.24) is 4.98 Å². The smallest absolute Gasteiger partial charge is 0.235 e. The third-order valence-corrected chi connectivity index (χ3v) is 1.91. The Labute approximate surface area is 77.5 Å². The van der Waals surface area contributed by atoms with Crippen LogP contribution < -0.4 is 0 Å². The van der Waals surface area contributed by atoms with E-state index in [1.54, 1.807) is 12.3 Å². The minimum absolute atomic E-state index is 0.576. The van der Waals surface area contributed by atoms with Crippen molar-refractivity contribution < 1.29 is 4.79 Å². The molecule has 0 radical (unpaired) electrons. The quantitative estimate of drug-likeness (QED) is 0.510. The maximum absolute atomic E-state index is 10.2. The van der Waals surface area contributed by atoms with Crippen molar-refractivity contribution in [2.45, 2.75) is 26.3 Å². The Hall–Kier alpha value is -1.47. The largest absolute Gasteiger partial charge is 0.258 e. The molecule has 0 fully saturated rings. The Morgan fingerprint density at radius 2 is 2.23 bits per heavy atom. The number of nitrogens with zero attached hydrogens (tertiary/aromatic N) is 2. The first-order chi connectivity index (χ1) is 6.08. The van der Waals surface area contributed by atoms with E-state index in [1.165, 1.54) is 0 Å². The number of hydrogen-bond acceptors (Lipinski definition) is 3. The van der Waals surface area contributed by atoms with Crippen molar-refractivity contribution in [2.75, 3.05) is 0 Å². The Kier molecular flexibility index (Phi) is 2.59. The van der Waals surface area contributed by atoms with Gasteiger partial charge in [-0.15, -0.1) is 0 Å². The summed E-state index contributed by atoms with van der Waals surface area (Å²) in [6, 6.07) is 3.81. The van der Waals surface area contributed by atoms with Crippen molar-refractivity contribution in [1.29, 1.82) is 0 Å². The molecule has 0 unspecified atom stereocenters. The summed E-state index contributed by atoms with van der Waals surface area (Å²) in [5.41, 5.74) is 1.28. The van der Waals surface area contributed by atoms with Crippen molar-refractivity contribution in [2.24, 2.45) is 4.99 Å². The van der Waals surface area contributed by atoms with E-state index in [9.17, 15) is 4.79 Å². The lowest BCUT2D eigenvalue weighted by molar-refractivity contribution is 0.510. The molecule has 68 valence electrons. The number of carbonyl (C=O) groups excluding carboxylic acids is 1. The van der Waals surface area contributed by atoms with Crippen LogP contribution in [-0.2, 0) is 10.3 Å². The van der Waals surface area contributed by atoms with Crippen LogP contribution in [0.15, 0.2) is 23.3 Å². The monoisotopic (exact) mass is 176 g/mol. The molecule has 0 saturated carbocycles. The zero-order valence-corrected chi connectivity index (χ0v) is 8.03. The summed E-state index contributed by atoms with van der Waals surface area (Å²) in [5, 5.41) is 0. The fraction of sp³-hybridized carbons (Fsp3) is 0.400. The second-order valence-corrected chi connectivity index (χ2v) is 3.43. The van der Waals surface area contributed by atoms with E-state index in [2.05, 4.69) is 9.98 Å². The average Bonchev–Trinajstić information content (AvgIpc) is 2.04. The standard InChI is InChI=1S/C10H12N2O/c1-8-5-4-6-11-9(8)10(2,3)12-7-13/h4-6H,1-3H3. The maximum atomic E-state index is 10.2. The summed E-state index contributed by atoms with van der Waals surface area (Å²) < 4.78 is 0. The number of aliphatic imine (C=N–C) groups is 1. The normalized spacial score (nSPS) is 10.7. The highest BCUT2D eigenvalue weighted by atomic mass is 16.1. The molecule has 1 heterocycles. The second kappa shape index (κ2) is 3.50. The molecule has 0 N–H and O–H groups in total. The SMILES string of the molecule is Cc1cccnc1C(C)(C)N=C=O. The minimum atomic E-state index is -0.576. The molecule has 0 bridgehead atoms. The Bertz CT molecular complexity index is 352. The molecular formula is C10H12N2O. The van der Waals surface area contributed by atoms with Gasteiger partial charge in [-0.2, -0.15) is 4.99 Å². The number of isocyanates is 1. The number of hydrogen-bond donors (Lipinski definition) is 0. The molecular weight excluding hydrogens is 164 g/mol. The molecule has 1 aromatic heterocycles. The van der Waals surface area contributed by atoms with Crippen molar-refractivity contribution in [3.63, 3.8) is 0 Å². The lowest BCUT2D eigenvalue weighted by Crippen LogP contribution is -2.17. The highest BCUT2D eigenvalue weighted by molar-refractivity contribution is 5.37. The summed E-state index contributed by atoms with van der Waals surface area (Å²) in [4.78, 5) is 18.1. The maximum Gasteiger partial charge on any atom is 0.235 e. The zero-order valence-electron chi connectivity index (χ0n) is 8.03. The molecule has 1 rings (SSSR count). The highest BCUT2D eigenvalue weighted by Gasteiger charge is 2.22. The number of aromatic nitrogens is 1. The van der Waals surface area contributed by atoms with Gasteiger partial charge in [-0.3, -0.25) is 4.98 Å². The minimum Gasteiger partial charge on any atom is -0.258 e. The molecule has 0 spiro atoms. The molecule has 3 nitrogen and oxygen atoms in total. The van der Waals surface area contributed by atoms with Gasteiger partial charge in [0.15, 0.2) is 0 Å². The van der Waals surface area contributed by atoms with Crippen LogP contribution in [-0.4, -0.2) is 11.1 Å². The van der Waals surface area contributed by atoms with E-state index in [0.29, 0.717) is 0 Å². The summed E-state index contributed by atoms with van der Waals surface area (Å²) in [5.74, 6) is 0. The Balaban J connectivity index is 3.21. The van der Waals surface area contributed by atoms with Gasteiger partial charge in [-0.25, -0.2) is 4.79 Å². The molecule has 0 atom stereocenters. The molecule has 0 aromatic carbocycles. The zero-order chi connectivity index (χ0) is 9.90. The third kappa shape index (κ3) is 2.01. The van der Waals surface area contributed by atoms with Crippen LogP contribution in [0.1, 0.15) is 25.1 Å². The number of aryl methyl sites for hydroxylation is 1. The van der Waals surface area contributed by atoms with Crippen LogP contribution >= 0.6 is 0 Å². The van der Waals surface area contributed by atoms with Crippen LogP contribution in [0.3, 0.4) is 0 Å². The van der Waals surface area contributed by atoms with E-state index in [1.807, 2.05) is 32.9 Å². The van der Waals surface area contributed by atoms with Gasteiger partial charge in [0, 0.05) is 6.20 Å². The number of pyridine rings is 1. The third-order valence-electron chi connectivity index (χ3n) is 1.91. The van der Waals surface area contributed by atoms with Gasteiger partial charge < -0.3 is 0 Å². The topological polar surface area (TPSA) is 42.3 Å². The van der Waals surface area contributed by atoms with Crippen LogP contribution in [0.2, 0.25) is 0 Å². The van der Waals surface area contributed by atoms with Crippen molar-refractivity contribution in [3.8, 4) is 0 Å². The highest BCUT2D eigenvalue weighted by Crippen LogP contribution is 2.24. The van der Waals surface area contributed by atoms with Gasteiger partial charge in [0.05, 0.1) is 5.69 Å². The van der Waals surface area contributed by atoms with E-state index < -0.39 is 5.54 Å². The summed E-state index contributed by atoms with van der Waals surface area (Å²) >= 11 is 0. The Morgan fingerprint density at radius 3 is 2.77 bits per heavy atom. The Morgan fingerprint density at radius 1 is 1.54 bits per heavy atom. The molecule has 13 heavy (non-hydrogen) atoms. The first-order valence-corrected chi connectivity index (χ1v) is 4.09. The summed E-state index contributed by atoms with van der Waals surface area (Å²) in [7, 11) is 0. The van der Waals surface area contributed by atoms with E-state index >= 15 is 0 Å². The van der Waals surface area contributed by atoms with Crippen LogP contribution in [0.5, 0.6) is 0 Å². The van der Waals surface area contributed by atoms with E-state index in [-0.39, 0.29) is 0 Å². The van der Waals surface area contributed by atoms with Gasteiger partial charge in [-0.1, -0.05) is 6.07 Å². The predicted molar refractivity (Wildman–Crippen MR) is 50.1 cm³/mol. The first kappa shape index (κ1) is 9.62. The van der Waals surface area contributed by atoms with Gasteiger partial charge >= 0.3 is 0 Å². The summed E-state index contributed by atoms with van der Waals surface area (Å²) in [6.45, 7) is 5.63. The molecule has 3 heteroatoms. The van der Waals surface area contributed by atoms with Crippen LogP contribution in [0.25, 0.3) is 0 Å². The lowest BCUT2D eigenvalue weighted by atomic mass is 9.97. The van der Waals surface area contributed by atoms with Gasteiger partial charge in [-0.05, 0) is 32.4 Å². The van der Waals surface area contributed by atoms with Crippen molar-refractivity contribution in [3.05, 3.63) is 29.6 Å². The molecule has 0 aliphatic heterocycles. The van der Waals surface area contributed by atoms with E-state index in [0.717, 1.165) is 11.3 Å². The fourth-order valence-electron chi connectivity index (χ4n) is 1.29. The molecule has 0 saturated heterocycles. The molecule has 0 amide bonds. The van der Waals surface area contributed by atoms with Gasteiger partial charge in [0.1, 0.15) is 5.54 Å². The van der Waals surface area contributed by atoms with Gasteiger partial charge in [0.2, 0.25) is 6.08 Å². The van der Waals surface area contributed by atoms with E-state index in [4.69, 9.17) is 0 Å². The molecule has 0 aliphatic rings. The molecule has 0 aliphatic carbocycles. The van der Waals surface area contributed by atoms with Crippen molar-refractivity contribution >= 4 is 6.08 Å². The van der Waals surface area contributed by atoms with Gasteiger partial charge in [0.25, 0.3) is 0 Å². The predicted octanol–water partition coefficient (Wildman–Crippen LogP) is 1.96.